The van der Waals surface area contributed by atoms with E-state index in [1.54, 1.807) is 6.20 Å². The fourth-order valence-electron chi connectivity index (χ4n) is 2.89. The third kappa shape index (κ3) is 7.43. The molecule has 6 heteroatoms. The molecular formula is C24H32N2O4. The SMILES string of the molecule is C/C=C/COc1cc(C)c(OCCCCOc2ccc(/C(C)=N\OC)cn2)c(C)c1. The average molecular weight is 413 g/mol. The molecule has 30 heavy (non-hydrogen) atoms. The van der Waals surface area contributed by atoms with Gasteiger partial charge in [0.1, 0.15) is 25.2 Å². The standard InChI is InChI=1S/C24H32N2O4/c1-6-7-12-28-22-15-18(2)24(19(3)16-22)30-14-9-8-13-29-23-11-10-21(17-25-23)20(4)26-27-5/h6-7,10-11,15-17H,8-9,12-14H2,1-5H3/b7-6+,26-20-. The Bertz CT molecular complexity index is 822. The Balaban J connectivity index is 1.72. The Labute approximate surface area is 179 Å². The third-order valence-electron chi connectivity index (χ3n) is 4.43. The first-order chi connectivity index (χ1) is 14.5. The van der Waals surface area contributed by atoms with Gasteiger partial charge in [-0.25, -0.2) is 4.98 Å². The number of ether oxygens (including phenoxy) is 3. The second kappa shape index (κ2) is 12.5. The predicted octanol–water partition coefficient (Wildman–Crippen LogP) is 5.26. The predicted molar refractivity (Wildman–Crippen MR) is 120 cm³/mol. The maximum Gasteiger partial charge on any atom is 0.213 e. The molecule has 0 radical (unpaired) electrons. The monoisotopic (exact) mass is 412 g/mol. The highest BCUT2D eigenvalue weighted by atomic mass is 16.6. The smallest absolute Gasteiger partial charge is 0.213 e. The van der Waals surface area contributed by atoms with Gasteiger partial charge in [-0.05, 0) is 69.9 Å². The van der Waals surface area contributed by atoms with Crippen LogP contribution >= 0.6 is 0 Å². The van der Waals surface area contributed by atoms with Gasteiger partial charge in [0.05, 0.1) is 18.9 Å². The van der Waals surface area contributed by atoms with Crippen LogP contribution in [-0.4, -0.2) is 37.6 Å². The van der Waals surface area contributed by atoms with Gasteiger partial charge in [0.25, 0.3) is 0 Å². The molecule has 0 fully saturated rings. The summed E-state index contributed by atoms with van der Waals surface area (Å²) in [4.78, 5) is 9.07. The topological polar surface area (TPSA) is 62.2 Å². The number of allylic oxidation sites excluding steroid dienone is 1. The number of pyridine rings is 1. The molecule has 0 aliphatic carbocycles. The fraction of sp³-hybridized carbons (Fsp3) is 0.417. The zero-order valence-corrected chi connectivity index (χ0v) is 18.6. The maximum absolute atomic E-state index is 6.00. The average Bonchev–Trinajstić information content (AvgIpc) is 2.73. The fourth-order valence-corrected chi connectivity index (χ4v) is 2.89. The van der Waals surface area contributed by atoms with E-state index < -0.39 is 0 Å². The molecule has 6 nitrogen and oxygen atoms in total. The number of hydrogen-bond acceptors (Lipinski definition) is 6. The first-order valence-corrected chi connectivity index (χ1v) is 10.2. The lowest BCUT2D eigenvalue weighted by molar-refractivity contribution is 0.213. The zero-order valence-electron chi connectivity index (χ0n) is 18.6. The van der Waals surface area contributed by atoms with Crippen LogP contribution in [0.15, 0.2) is 47.8 Å². The van der Waals surface area contributed by atoms with Gasteiger partial charge in [-0.15, -0.1) is 0 Å². The molecule has 0 saturated carbocycles. The molecule has 0 amide bonds. The van der Waals surface area contributed by atoms with Gasteiger partial charge in [-0.3, -0.25) is 0 Å². The Morgan fingerprint density at radius 1 is 1.03 bits per heavy atom. The highest BCUT2D eigenvalue weighted by Crippen LogP contribution is 2.28. The molecule has 0 unspecified atom stereocenters. The molecule has 1 aromatic heterocycles. The van der Waals surface area contributed by atoms with Crippen molar-refractivity contribution in [3.05, 3.63) is 59.3 Å². The molecule has 2 aromatic rings. The van der Waals surface area contributed by atoms with Gasteiger partial charge in [-0.2, -0.15) is 0 Å². The number of aromatic nitrogens is 1. The minimum absolute atomic E-state index is 0.577. The van der Waals surface area contributed by atoms with E-state index >= 15 is 0 Å². The Hall–Kier alpha value is -3.02. The lowest BCUT2D eigenvalue weighted by atomic mass is 10.1. The van der Waals surface area contributed by atoms with E-state index in [1.807, 2.05) is 64.1 Å². The third-order valence-corrected chi connectivity index (χ3v) is 4.43. The quantitative estimate of drug-likeness (QED) is 0.206. The van der Waals surface area contributed by atoms with E-state index in [-0.39, 0.29) is 0 Å². The van der Waals surface area contributed by atoms with Gasteiger partial charge >= 0.3 is 0 Å². The van der Waals surface area contributed by atoms with Gasteiger partial charge in [0.2, 0.25) is 5.88 Å². The highest BCUT2D eigenvalue weighted by molar-refractivity contribution is 5.98. The number of oxime groups is 1. The van der Waals surface area contributed by atoms with Crippen molar-refractivity contribution in [1.82, 2.24) is 4.98 Å². The molecule has 0 bridgehead atoms. The van der Waals surface area contributed by atoms with Crippen LogP contribution in [0.2, 0.25) is 0 Å². The number of aryl methyl sites for hydroxylation is 2. The Morgan fingerprint density at radius 2 is 1.73 bits per heavy atom. The summed E-state index contributed by atoms with van der Waals surface area (Å²) in [5.41, 5.74) is 3.84. The minimum Gasteiger partial charge on any atom is -0.493 e. The van der Waals surface area contributed by atoms with Crippen LogP contribution in [-0.2, 0) is 4.84 Å². The van der Waals surface area contributed by atoms with Crippen LogP contribution in [0.4, 0.5) is 0 Å². The van der Waals surface area contributed by atoms with Crippen molar-refractivity contribution in [2.75, 3.05) is 26.9 Å². The molecule has 0 saturated heterocycles. The molecule has 2 rings (SSSR count). The second-order valence-corrected chi connectivity index (χ2v) is 6.91. The molecule has 0 spiro atoms. The molecule has 0 aliphatic heterocycles. The summed E-state index contributed by atoms with van der Waals surface area (Å²) in [5.74, 6) is 2.40. The first kappa shape index (κ1) is 23.3. The van der Waals surface area contributed by atoms with Crippen LogP contribution in [0.25, 0.3) is 0 Å². The molecule has 0 N–H and O–H groups in total. The first-order valence-electron chi connectivity index (χ1n) is 10.2. The van der Waals surface area contributed by atoms with Crippen molar-refractivity contribution < 1.29 is 19.0 Å². The number of unbranched alkanes of at least 4 members (excludes halogenated alkanes) is 1. The summed E-state index contributed by atoms with van der Waals surface area (Å²) in [5, 5.41) is 3.89. The second-order valence-electron chi connectivity index (χ2n) is 6.91. The van der Waals surface area contributed by atoms with E-state index in [1.165, 1.54) is 7.11 Å². The van der Waals surface area contributed by atoms with E-state index in [0.29, 0.717) is 25.7 Å². The lowest BCUT2D eigenvalue weighted by Crippen LogP contribution is -2.05. The summed E-state index contributed by atoms with van der Waals surface area (Å²) < 4.78 is 17.4. The Kier molecular flexibility index (Phi) is 9.71. The van der Waals surface area contributed by atoms with Crippen molar-refractivity contribution in [1.29, 1.82) is 0 Å². The molecule has 1 aromatic carbocycles. The van der Waals surface area contributed by atoms with Crippen molar-refractivity contribution in [2.24, 2.45) is 5.16 Å². The minimum atomic E-state index is 0.577. The number of rotatable bonds is 12. The lowest BCUT2D eigenvalue weighted by Gasteiger charge is -2.14. The summed E-state index contributed by atoms with van der Waals surface area (Å²) in [6.07, 6.45) is 7.47. The van der Waals surface area contributed by atoms with Crippen LogP contribution in [0.1, 0.15) is 43.4 Å². The van der Waals surface area contributed by atoms with Crippen LogP contribution in [0.5, 0.6) is 17.4 Å². The van der Waals surface area contributed by atoms with Crippen LogP contribution in [0, 0.1) is 13.8 Å². The van der Waals surface area contributed by atoms with E-state index in [0.717, 1.165) is 46.7 Å². The number of nitrogens with zero attached hydrogens (tertiary/aromatic N) is 2. The number of hydrogen-bond donors (Lipinski definition) is 0. The van der Waals surface area contributed by atoms with E-state index in [9.17, 15) is 0 Å². The summed E-state index contributed by atoms with van der Waals surface area (Å²) >= 11 is 0. The van der Waals surface area contributed by atoms with Crippen molar-refractivity contribution >= 4 is 5.71 Å². The van der Waals surface area contributed by atoms with Gasteiger partial charge < -0.3 is 19.0 Å². The highest BCUT2D eigenvalue weighted by Gasteiger charge is 2.07. The molecule has 0 atom stereocenters. The summed E-state index contributed by atoms with van der Waals surface area (Å²) in [6, 6.07) is 7.79. The van der Waals surface area contributed by atoms with E-state index in [2.05, 4.69) is 10.1 Å². The van der Waals surface area contributed by atoms with E-state index in [4.69, 9.17) is 19.0 Å². The van der Waals surface area contributed by atoms with Gasteiger partial charge in [0, 0.05) is 17.8 Å². The molecular weight excluding hydrogens is 380 g/mol. The van der Waals surface area contributed by atoms with Crippen LogP contribution < -0.4 is 14.2 Å². The maximum atomic E-state index is 6.00. The van der Waals surface area contributed by atoms with Crippen molar-refractivity contribution in [3.8, 4) is 17.4 Å². The van der Waals surface area contributed by atoms with Crippen molar-refractivity contribution in [3.63, 3.8) is 0 Å². The van der Waals surface area contributed by atoms with Crippen molar-refractivity contribution in [2.45, 2.75) is 40.5 Å². The largest absolute Gasteiger partial charge is 0.493 e. The summed E-state index contributed by atoms with van der Waals surface area (Å²) in [6.45, 7) is 9.75. The molecule has 0 aliphatic rings. The Morgan fingerprint density at radius 3 is 2.33 bits per heavy atom. The van der Waals surface area contributed by atoms with Gasteiger partial charge in [-0.1, -0.05) is 17.3 Å². The molecule has 1 heterocycles. The normalized spacial score (nSPS) is 11.6. The number of benzene rings is 1. The van der Waals surface area contributed by atoms with Crippen LogP contribution in [0.3, 0.4) is 0 Å². The molecule has 162 valence electrons. The zero-order chi connectivity index (χ0) is 21.8. The van der Waals surface area contributed by atoms with Gasteiger partial charge in [0.15, 0.2) is 0 Å². The summed E-state index contributed by atoms with van der Waals surface area (Å²) in [7, 11) is 1.52.